The van der Waals surface area contributed by atoms with Gasteiger partial charge in [0.1, 0.15) is 24.7 Å². The van der Waals surface area contributed by atoms with Crippen LogP contribution < -0.4 is 15.2 Å². The fraction of sp³-hybridized carbons (Fsp3) is 0.382. The SMILES string of the molecule is Cc1c(N)ccc2c(C(=O)c3ccc(OCCN4CCCC4)cc3)c(-c3ccc(OCCN4CCCC4)cc3)sc12. The largest absolute Gasteiger partial charge is 0.492 e. The molecule has 0 saturated carbocycles. The number of carbonyl (C=O) groups excluding carboxylic acids is 1. The van der Waals surface area contributed by atoms with Gasteiger partial charge in [0, 0.05) is 44.9 Å². The number of fused-ring (bicyclic) bond motifs is 1. The topological polar surface area (TPSA) is 68.0 Å². The normalized spacial score (nSPS) is 16.0. The fourth-order valence-electron chi connectivity index (χ4n) is 5.89. The first-order chi connectivity index (χ1) is 20.1. The summed E-state index contributed by atoms with van der Waals surface area (Å²) in [5.74, 6) is 1.65. The summed E-state index contributed by atoms with van der Waals surface area (Å²) in [6.45, 7) is 9.93. The lowest BCUT2D eigenvalue weighted by Gasteiger charge is -2.15. The van der Waals surface area contributed by atoms with E-state index in [1.54, 1.807) is 11.3 Å². The zero-order valence-corrected chi connectivity index (χ0v) is 24.7. The third kappa shape index (κ3) is 6.27. The fourth-order valence-corrected chi connectivity index (χ4v) is 7.20. The van der Waals surface area contributed by atoms with Gasteiger partial charge in [0.2, 0.25) is 0 Å². The number of nitrogens with two attached hydrogens (primary N) is 1. The Hall–Kier alpha value is -3.39. The summed E-state index contributed by atoms with van der Waals surface area (Å²) in [5.41, 5.74) is 10.4. The highest BCUT2D eigenvalue weighted by Gasteiger charge is 2.23. The van der Waals surface area contributed by atoms with Crippen LogP contribution in [0.1, 0.15) is 47.2 Å². The van der Waals surface area contributed by atoms with Crippen LogP contribution in [0.2, 0.25) is 0 Å². The summed E-state index contributed by atoms with van der Waals surface area (Å²) in [7, 11) is 0. The Bertz CT molecular complexity index is 1480. The molecular formula is C34H39N3O3S. The molecule has 3 heterocycles. The van der Waals surface area contributed by atoms with Crippen LogP contribution in [0.5, 0.6) is 11.5 Å². The molecule has 2 aliphatic heterocycles. The van der Waals surface area contributed by atoms with Crippen LogP contribution in [-0.4, -0.2) is 68.1 Å². The van der Waals surface area contributed by atoms with Gasteiger partial charge in [-0.3, -0.25) is 14.6 Å². The lowest BCUT2D eigenvalue weighted by atomic mass is 9.96. The smallest absolute Gasteiger partial charge is 0.195 e. The van der Waals surface area contributed by atoms with E-state index in [4.69, 9.17) is 15.2 Å². The summed E-state index contributed by atoms with van der Waals surface area (Å²) in [4.78, 5) is 19.9. The highest BCUT2D eigenvalue weighted by molar-refractivity contribution is 7.23. The lowest BCUT2D eigenvalue weighted by Crippen LogP contribution is -2.25. The Morgan fingerprint density at radius 1 is 0.780 bits per heavy atom. The lowest BCUT2D eigenvalue weighted by molar-refractivity contribution is 0.104. The molecule has 41 heavy (non-hydrogen) atoms. The predicted molar refractivity (Wildman–Crippen MR) is 169 cm³/mol. The highest BCUT2D eigenvalue weighted by Crippen LogP contribution is 2.43. The molecule has 0 atom stereocenters. The number of hydrogen-bond acceptors (Lipinski definition) is 7. The summed E-state index contributed by atoms with van der Waals surface area (Å²) in [6, 6.07) is 19.6. The Balaban J connectivity index is 1.22. The van der Waals surface area contributed by atoms with Gasteiger partial charge in [-0.05, 0) is 125 Å². The third-order valence-electron chi connectivity index (χ3n) is 8.36. The Morgan fingerprint density at radius 2 is 1.32 bits per heavy atom. The molecule has 0 amide bonds. The van der Waals surface area contributed by atoms with E-state index < -0.39 is 0 Å². The zero-order chi connectivity index (χ0) is 28.2. The molecule has 0 radical (unpaired) electrons. The molecule has 2 saturated heterocycles. The van der Waals surface area contributed by atoms with Gasteiger partial charge >= 0.3 is 0 Å². The van der Waals surface area contributed by atoms with E-state index in [2.05, 4.69) is 21.9 Å². The molecule has 0 spiro atoms. The van der Waals surface area contributed by atoms with Crippen molar-refractivity contribution in [2.45, 2.75) is 32.6 Å². The van der Waals surface area contributed by atoms with Crippen molar-refractivity contribution in [2.75, 3.05) is 58.2 Å². The first kappa shape index (κ1) is 27.8. The molecule has 2 aliphatic rings. The van der Waals surface area contributed by atoms with Crippen molar-refractivity contribution in [3.05, 3.63) is 77.4 Å². The molecule has 0 bridgehead atoms. The van der Waals surface area contributed by atoms with E-state index in [1.165, 1.54) is 38.8 Å². The van der Waals surface area contributed by atoms with Gasteiger partial charge < -0.3 is 15.2 Å². The standard InChI is InChI=1S/C34H39N3O3S/c1-24-30(35)15-14-29-31(32(38)25-6-10-27(11-7-25)39-22-20-36-16-2-3-17-36)34(41-33(24)29)26-8-12-28(13-9-26)40-23-21-37-18-4-5-19-37/h6-15H,2-5,16-23,35H2,1H3. The molecule has 1 aromatic heterocycles. The van der Waals surface area contributed by atoms with E-state index in [-0.39, 0.29) is 5.78 Å². The number of thiophene rings is 1. The average molecular weight is 570 g/mol. The maximum absolute atomic E-state index is 14.0. The van der Waals surface area contributed by atoms with Crippen molar-refractivity contribution in [2.24, 2.45) is 0 Å². The summed E-state index contributed by atoms with van der Waals surface area (Å²) in [5, 5.41) is 0.943. The van der Waals surface area contributed by atoms with Gasteiger partial charge in [-0.25, -0.2) is 0 Å². The second-order valence-electron chi connectivity index (χ2n) is 11.1. The van der Waals surface area contributed by atoms with E-state index in [0.29, 0.717) is 18.8 Å². The van der Waals surface area contributed by atoms with Gasteiger partial charge in [-0.15, -0.1) is 11.3 Å². The molecule has 2 N–H and O–H groups in total. The Labute approximate surface area is 246 Å². The van der Waals surface area contributed by atoms with Crippen molar-refractivity contribution in [1.29, 1.82) is 0 Å². The van der Waals surface area contributed by atoms with Crippen molar-refractivity contribution >= 4 is 32.9 Å². The minimum Gasteiger partial charge on any atom is -0.492 e. The van der Waals surface area contributed by atoms with Gasteiger partial charge in [-0.1, -0.05) is 6.07 Å². The number of aryl methyl sites for hydroxylation is 1. The number of anilines is 1. The maximum atomic E-state index is 14.0. The zero-order valence-electron chi connectivity index (χ0n) is 23.9. The van der Waals surface area contributed by atoms with Gasteiger partial charge in [0.05, 0.1) is 0 Å². The summed E-state index contributed by atoms with van der Waals surface area (Å²) < 4.78 is 13.1. The molecular weight excluding hydrogens is 530 g/mol. The monoisotopic (exact) mass is 569 g/mol. The molecule has 3 aromatic carbocycles. The Morgan fingerprint density at radius 3 is 1.88 bits per heavy atom. The molecule has 6 rings (SSSR count). The number of likely N-dealkylation sites (tertiary alicyclic amines) is 2. The third-order valence-corrected chi connectivity index (χ3v) is 9.73. The molecule has 7 heteroatoms. The second-order valence-corrected chi connectivity index (χ2v) is 12.2. The van der Waals surface area contributed by atoms with E-state index >= 15 is 0 Å². The van der Waals surface area contributed by atoms with Crippen molar-refractivity contribution in [3.63, 3.8) is 0 Å². The van der Waals surface area contributed by atoms with E-state index in [0.717, 1.165) is 75.0 Å². The second kappa shape index (κ2) is 12.6. The van der Waals surface area contributed by atoms with Crippen LogP contribution in [0.25, 0.3) is 20.5 Å². The van der Waals surface area contributed by atoms with Gasteiger partial charge in [-0.2, -0.15) is 0 Å². The van der Waals surface area contributed by atoms with Crippen LogP contribution in [-0.2, 0) is 0 Å². The number of ether oxygens (including phenoxy) is 2. The van der Waals surface area contributed by atoms with E-state index in [9.17, 15) is 4.79 Å². The molecule has 6 nitrogen and oxygen atoms in total. The van der Waals surface area contributed by atoms with E-state index in [1.807, 2.05) is 55.5 Å². The maximum Gasteiger partial charge on any atom is 0.195 e. The minimum atomic E-state index is 0.00461. The van der Waals surface area contributed by atoms with Gasteiger partial charge in [0.25, 0.3) is 0 Å². The molecule has 0 aliphatic carbocycles. The number of hydrogen-bond donors (Lipinski definition) is 1. The highest BCUT2D eigenvalue weighted by atomic mass is 32.1. The quantitative estimate of drug-likeness (QED) is 0.161. The van der Waals surface area contributed by atoms with Crippen molar-refractivity contribution in [1.82, 2.24) is 9.80 Å². The first-order valence-electron chi connectivity index (χ1n) is 14.8. The molecule has 214 valence electrons. The molecule has 0 unspecified atom stereocenters. The predicted octanol–water partition coefficient (Wildman–Crippen LogP) is 6.64. The number of nitrogens with zero attached hydrogens (tertiary/aromatic N) is 2. The first-order valence-corrected chi connectivity index (χ1v) is 15.7. The van der Waals surface area contributed by atoms with Crippen LogP contribution in [0.3, 0.4) is 0 Å². The Kier molecular flexibility index (Phi) is 8.56. The minimum absolute atomic E-state index is 0.00461. The number of ketones is 1. The molecule has 2 fully saturated rings. The van der Waals surface area contributed by atoms with Crippen LogP contribution in [0.4, 0.5) is 5.69 Å². The number of carbonyl (C=O) groups is 1. The number of rotatable bonds is 11. The molecule has 4 aromatic rings. The van der Waals surface area contributed by atoms with Crippen LogP contribution in [0.15, 0.2) is 60.7 Å². The summed E-state index contributed by atoms with van der Waals surface area (Å²) >= 11 is 1.63. The summed E-state index contributed by atoms with van der Waals surface area (Å²) in [6.07, 6.45) is 5.12. The van der Waals surface area contributed by atoms with Crippen LogP contribution in [0, 0.1) is 6.92 Å². The van der Waals surface area contributed by atoms with Crippen LogP contribution >= 0.6 is 11.3 Å². The van der Waals surface area contributed by atoms with Gasteiger partial charge in [0.15, 0.2) is 5.78 Å². The number of nitrogen functional groups attached to an aromatic ring is 1. The number of benzene rings is 3. The average Bonchev–Trinajstić information content (AvgIpc) is 3.78. The van der Waals surface area contributed by atoms with Crippen molar-refractivity contribution < 1.29 is 14.3 Å². The van der Waals surface area contributed by atoms with Crippen molar-refractivity contribution in [3.8, 4) is 21.9 Å².